The zero-order valence-electron chi connectivity index (χ0n) is 14.3. The third kappa shape index (κ3) is 5.05. The molecule has 0 amide bonds. The SMILES string of the molecule is CCS(=O)(=O)Nc1ccc(-c2n[nH]cc2CN(C)CCNC)cc1. The van der Waals surface area contributed by atoms with E-state index in [2.05, 4.69) is 32.2 Å². The summed E-state index contributed by atoms with van der Waals surface area (Å²) in [5, 5.41) is 10.4. The van der Waals surface area contributed by atoms with Gasteiger partial charge in [0.05, 0.1) is 11.4 Å². The number of H-pyrrole nitrogens is 1. The van der Waals surface area contributed by atoms with Crippen LogP contribution >= 0.6 is 0 Å². The van der Waals surface area contributed by atoms with E-state index in [9.17, 15) is 8.42 Å². The number of anilines is 1. The molecule has 24 heavy (non-hydrogen) atoms. The molecule has 0 aliphatic carbocycles. The molecular weight excluding hydrogens is 326 g/mol. The van der Waals surface area contributed by atoms with Gasteiger partial charge in [-0.15, -0.1) is 0 Å². The van der Waals surface area contributed by atoms with Crippen molar-refractivity contribution >= 4 is 15.7 Å². The van der Waals surface area contributed by atoms with E-state index in [0.29, 0.717) is 5.69 Å². The molecule has 0 radical (unpaired) electrons. The van der Waals surface area contributed by atoms with Gasteiger partial charge in [0.25, 0.3) is 0 Å². The Hall–Kier alpha value is -1.90. The van der Waals surface area contributed by atoms with Crippen LogP contribution in [0.3, 0.4) is 0 Å². The molecule has 0 aliphatic rings. The lowest BCUT2D eigenvalue weighted by atomic mass is 10.1. The van der Waals surface area contributed by atoms with Crippen LogP contribution in [-0.4, -0.2) is 56.5 Å². The van der Waals surface area contributed by atoms with Gasteiger partial charge in [0.15, 0.2) is 0 Å². The van der Waals surface area contributed by atoms with Gasteiger partial charge in [-0.2, -0.15) is 5.10 Å². The summed E-state index contributed by atoms with van der Waals surface area (Å²) in [4.78, 5) is 2.22. The van der Waals surface area contributed by atoms with Crippen LogP contribution in [0.15, 0.2) is 30.5 Å². The van der Waals surface area contributed by atoms with Crippen LogP contribution in [0.25, 0.3) is 11.3 Å². The smallest absolute Gasteiger partial charge is 0.232 e. The van der Waals surface area contributed by atoms with Gasteiger partial charge in [0.1, 0.15) is 0 Å². The largest absolute Gasteiger partial charge is 0.318 e. The second kappa shape index (κ2) is 8.27. The summed E-state index contributed by atoms with van der Waals surface area (Å²) in [5.74, 6) is 0.0528. The first kappa shape index (κ1) is 18.4. The number of nitrogens with one attached hydrogen (secondary N) is 3. The van der Waals surface area contributed by atoms with E-state index in [4.69, 9.17) is 0 Å². The van der Waals surface area contributed by atoms with Crippen LogP contribution in [0.4, 0.5) is 5.69 Å². The Kier molecular flexibility index (Phi) is 6.36. The number of likely N-dealkylation sites (N-methyl/N-ethyl adjacent to an activating group) is 2. The molecule has 2 aromatic rings. The van der Waals surface area contributed by atoms with Crippen molar-refractivity contribution in [2.45, 2.75) is 13.5 Å². The topological polar surface area (TPSA) is 90.1 Å². The molecule has 3 N–H and O–H groups in total. The lowest BCUT2D eigenvalue weighted by Gasteiger charge is -2.16. The number of aromatic nitrogens is 2. The molecule has 0 bridgehead atoms. The maximum Gasteiger partial charge on any atom is 0.232 e. The van der Waals surface area contributed by atoms with Gasteiger partial charge >= 0.3 is 0 Å². The Morgan fingerprint density at radius 2 is 1.96 bits per heavy atom. The first-order chi connectivity index (χ1) is 11.4. The Bertz CT molecular complexity index is 740. The van der Waals surface area contributed by atoms with Crippen LogP contribution in [-0.2, 0) is 16.6 Å². The minimum absolute atomic E-state index is 0.0528. The van der Waals surface area contributed by atoms with Crippen molar-refractivity contribution in [1.82, 2.24) is 20.4 Å². The third-order valence-electron chi connectivity index (χ3n) is 3.71. The highest BCUT2D eigenvalue weighted by Gasteiger charge is 2.12. The molecule has 8 heteroatoms. The number of aromatic amines is 1. The zero-order chi connectivity index (χ0) is 17.6. The summed E-state index contributed by atoms with van der Waals surface area (Å²) in [5.41, 5.74) is 3.50. The van der Waals surface area contributed by atoms with E-state index in [0.717, 1.165) is 36.5 Å². The molecule has 7 nitrogen and oxygen atoms in total. The zero-order valence-corrected chi connectivity index (χ0v) is 15.2. The third-order valence-corrected chi connectivity index (χ3v) is 5.02. The van der Waals surface area contributed by atoms with Crippen molar-refractivity contribution in [3.63, 3.8) is 0 Å². The van der Waals surface area contributed by atoms with Crippen LogP contribution in [0.1, 0.15) is 12.5 Å². The molecular formula is C16H25N5O2S. The highest BCUT2D eigenvalue weighted by Crippen LogP contribution is 2.24. The van der Waals surface area contributed by atoms with Crippen molar-refractivity contribution in [2.75, 3.05) is 37.7 Å². The summed E-state index contributed by atoms with van der Waals surface area (Å²) < 4.78 is 25.7. The van der Waals surface area contributed by atoms with Crippen molar-refractivity contribution in [1.29, 1.82) is 0 Å². The lowest BCUT2D eigenvalue weighted by Crippen LogP contribution is -2.26. The first-order valence-electron chi connectivity index (χ1n) is 7.92. The quantitative estimate of drug-likeness (QED) is 0.637. The van der Waals surface area contributed by atoms with Gasteiger partial charge < -0.3 is 10.2 Å². The van der Waals surface area contributed by atoms with Crippen molar-refractivity contribution in [2.24, 2.45) is 0 Å². The first-order valence-corrected chi connectivity index (χ1v) is 9.57. The van der Waals surface area contributed by atoms with E-state index in [1.165, 1.54) is 0 Å². The number of sulfonamides is 1. The number of hydrogen-bond donors (Lipinski definition) is 3. The highest BCUT2D eigenvalue weighted by molar-refractivity contribution is 7.92. The monoisotopic (exact) mass is 351 g/mol. The molecule has 132 valence electrons. The Morgan fingerprint density at radius 1 is 1.25 bits per heavy atom. The Labute approximate surface area is 143 Å². The van der Waals surface area contributed by atoms with E-state index in [-0.39, 0.29) is 5.75 Å². The normalized spacial score (nSPS) is 11.8. The van der Waals surface area contributed by atoms with Gasteiger partial charge in [-0.25, -0.2) is 8.42 Å². The van der Waals surface area contributed by atoms with Crippen LogP contribution in [0, 0.1) is 0 Å². The second-order valence-corrected chi connectivity index (χ2v) is 7.69. The number of nitrogens with zero attached hydrogens (tertiary/aromatic N) is 2. The van der Waals surface area contributed by atoms with Crippen molar-refractivity contribution in [3.8, 4) is 11.3 Å². The van der Waals surface area contributed by atoms with Gasteiger partial charge in [0, 0.05) is 42.6 Å². The average Bonchev–Trinajstić information content (AvgIpc) is 3.01. The molecule has 1 aromatic carbocycles. The minimum atomic E-state index is -3.26. The summed E-state index contributed by atoms with van der Waals surface area (Å²) in [6, 6.07) is 7.26. The fourth-order valence-corrected chi connectivity index (χ4v) is 2.95. The predicted molar refractivity (Wildman–Crippen MR) is 97.4 cm³/mol. The predicted octanol–water partition coefficient (Wildman–Crippen LogP) is 1.49. The number of benzene rings is 1. The van der Waals surface area contributed by atoms with Crippen LogP contribution in [0.5, 0.6) is 0 Å². The van der Waals surface area contributed by atoms with Gasteiger partial charge in [-0.05, 0) is 33.2 Å². The average molecular weight is 351 g/mol. The van der Waals surface area contributed by atoms with Gasteiger partial charge in [-0.1, -0.05) is 12.1 Å². The van der Waals surface area contributed by atoms with E-state index >= 15 is 0 Å². The molecule has 0 atom stereocenters. The van der Waals surface area contributed by atoms with Crippen LogP contribution < -0.4 is 10.0 Å². The molecule has 0 aliphatic heterocycles. The minimum Gasteiger partial charge on any atom is -0.318 e. The second-order valence-electron chi connectivity index (χ2n) is 5.68. The van der Waals surface area contributed by atoms with E-state index in [1.807, 2.05) is 25.4 Å². The van der Waals surface area contributed by atoms with Crippen LogP contribution in [0.2, 0.25) is 0 Å². The van der Waals surface area contributed by atoms with Crippen molar-refractivity contribution in [3.05, 3.63) is 36.0 Å². The number of rotatable bonds is 9. The fraction of sp³-hybridized carbons (Fsp3) is 0.438. The number of hydrogen-bond acceptors (Lipinski definition) is 5. The summed E-state index contributed by atoms with van der Waals surface area (Å²) in [6.45, 7) is 4.27. The van der Waals surface area contributed by atoms with Gasteiger partial charge in [0.2, 0.25) is 10.0 Å². The molecule has 0 unspecified atom stereocenters. The maximum atomic E-state index is 11.6. The standard InChI is InChI=1S/C16H25N5O2S/c1-4-24(22,23)20-15-7-5-13(6-8-15)16-14(11-18-19-16)12-21(3)10-9-17-2/h5-8,11,17,20H,4,9-10,12H2,1-3H3,(H,18,19). The fourth-order valence-electron chi connectivity index (χ4n) is 2.31. The highest BCUT2D eigenvalue weighted by atomic mass is 32.2. The Balaban J connectivity index is 2.11. The van der Waals surface area contributed by atoms with E-state index in [1.54, 1.807) is 19.1 Å². The molecule has 0 spiro atoms. The van der Waals surface area contributed by atoms with Gasteiger partial charge in [-0.3, -0.25) is 9.82 Å². The lowest BCUT2D eigenvalue weighted by molar-refractivity contribution is 0.328. The molecule has 2 rings (SSSR count). The molecule has 0 saturated heterocycles. The summed E-state index contributed by atoms with van der Waals surface area (Å²) >= 11 is 0. The molecule has 1 aromatic heterocycles. The summed E-state index contributed by atoms with van der Waals surface area (Å²) in [7, 11) is 0.746. The van der Waals surface area contributed by atoms with E-state index < -0.39 is 10.0 Å². The molecule has 0 saturated carbocycles. The maximum absolute atomic E-state index is 11.6. The summed E-state index contributed by atoms with van der Waals surface area (Å²) in [6.07, 6.45) is 1.90. The molecule has 0 fully saturated rings. The van der Waals surface area contributed by atoms with Crippen molar-refractivity contribution < 1.29 is 8.42 Å². The molecule has 1 heterocycles. The Morgan fingerprint density at radius 3 is 2.58 bits per heavy atom.